The zero-order chi connectivity index (χ0) is 32.9. The van der Waals surface area contributed by atoms with Gasteiger partial charge in [0.2, 0.25) is 5.91 Å². The summed E-state index contributed by atoms with van der Waals surface area (Å²) in [6, 6.07) is 32.4. The summed E-state index contributed by atoms with van der Waals surface area (Å²) in [4.78, 5) is 54.7. The number of nitro benzene ring substituents is 1. The molecule has 47 heavy (non-hydrogen) atoms. The first-order chi connectivity index (χ1) is 22.8. The lowest BCUT2D eigenvalue weighted by Crippen LogP contribution is -2.19. The van der Waals surface area contributed by atoms with E-state index in [0.29, 0.717) is 32.8 Å². The first kappa shape index (κ1) is 31.1. The number of anilines is 2. The molecule has 1 atom stereocenters. The van der Waals surface area contributed by atoms with Crippen molar-refractivity contribution in [3.8, 4) is 11.3 Å². The number of nitro groups is 1. The van der Waals surface area contributed by atoms with Crippen LogP contribution in [-0.2, 0) is 4.79 Å². The van der Waals surface area contributed by atoms with Gasteiger partial charge in [-0.05, 0) is 47.3 Å². The second-order valence-corrected chi connectivity index (χ2v) is 12.3. The van der Waals surface area contributed by atoms with Crippen LogP contribution in [-0.4, -0.2) is 32.8 Å². The Bertz CT molecular complexity index is 2130. The van der Waals surface area contributed by atoms with Crippen molar-refractivity contribution in [2.75, 3.05) is 10.6 Å². The largest absolute Gasteiger partial charge is 0.478 e. The third-order valence-electron chi connectivity index (χ3n) is 7.17. The molecule has 232 valence electrons. The summed E-state index contributed by atoms with van der Waals surface area (Å²) >= 11 is 2.54. The van der Waals surface area contributed by atoms with Crippen molar-refractivity contribution in [1.29, 1.82) is 0 Å². The van der Waals surface area contributed by atoms with Gasteiger partial charge < -0.3 is 15.7 Å². The average Bonchev–Trinajstić information content (AvgIpc) is 3.56. The van der Waals surface area contributed by atoms with E-state index in [2.05, 4.69) is 15.6 Å². The monoisotopic (exact) mass is 660 g/mol. The molecule has 0 saturated carbocycles. The van der Waals surface area contributed by atoms with Crippen molar-refractivity contribution in [2.45, 2.75) is 10.1 Å². The smallest absolute Gasteiger partial charge is 0.336 e. The maximum atomic E-state index is 13.6. The number of carbonyl (C=O) groups is 3. The Morgan fingerprint density at radius 1 is 0.830 bits per heavy atom. The van der Waals surface area contributed by atoms with Crippen LogP contribution in [0.25, 0.3) is 22.0 Å². The van der Waals surface area contributed by atoms with Crippen LogP contribution in [0.4, 0.5) is 16.5 Å². The van der Waals surface area contributed by atoms with Crippen LogP contribution >= 0.6 is 23.1 Å². The van der Waals surface area contributed by atoms with Gasteiger partial charge in [-0.1, -0.05) is 66.7 Å². The quantitative estimate of drug-likeness (QED) is 0.0754. The molecule has 6 aromatic rings. The number of thiazole rings is 1. The summed E-state index contributed by atoms with van der Waals surface area (Å²) in [6.07, 6.45) is 0. The number of carboxylic acids is 1. The van der Waals surface area contributed by atoms with Crippen LogP contribution in [0, 0.1) is 10.1 Å². The summed E-state index contributed by atoms with van der Waals surface area (Å²) in [7, 11) is 0. The van der Waals surface area contributed by atoms with E-state index < -0.39 is 22.0 Å². The van der Waals surface area contributed by atoms with Crippen LogP contribution in [0.15, 0.2) is 126 Å². The number of fused-ring (bicyclic) bond motifs is 1. The van der Waals surface area contributed by atoms with Gasteiger partial charge in [0.15, 0.2) is 5.13 Å². The van der Waals surface area contributed by atoms with E-state index >= 15 is 0 Å². The summed E-state index contributed by atoms with van der Waals surface area (Å²) in [5, 5.41) is 29.0. The number of nitrogens with one attached hydrogen (secondary N) is 2. The molecule has 1 aromatic heterocycles. The van der Waals surface area contributed by atoms with Gasteiger partial charge in [-0.15, -0.1) is 23.1 Å². The van der Waals surface area contributed by atoms with Gasteiger partial charge in [0.25, 0.3) is 11.6 Å². The molecule has 6 rings (SSSR count). The molecule has 12 heteroatoms. The van der Waals surface area contributed by atoms with Gasteiger partial charge in [-0.2, -0.15) is 0 Å². The normalized spacial score (nSPS) is 11.5. The van der Waals surface area contributed by atoms with Crippen molar-refractivity contribution < 1.29 is 24.4 Å². The standard InChI is InChI=1S/C35H24N4O6S2/c40-32(27-13-5-9-21-10-6-14-28(30(21)27)34(42)43)36-24-15-17-26(18-16-24)47-31(22-7-2-1-3-8-22)33(41)38-35-37-29(20-46-35)23-11-4-12-25(19-23)39(44)45/h1-20,31H,(H,36,40)(H,42,43)(H,37,38,41). The third-order valence-corrected chi connectivity index (χ3v) is 9.20. The Hall–Kier alpha value is -5.85. The predicted molar refractivity (Wildman–Crippen MR) is 183 cm³/mol. The number of nitrogens with zero attached hydrogens (tertiary/aromatic N) is 2. The fourth-order valence-electron chi connectivity index (χ4n) is 4.97. The number of non-ortho nitro benzene ring substituents is 1. The maximum absolute atomic E-state index is 13.6. The number of rotatable bonds is 10. The molecular weight excluding hydrogens is 637 g/mol. The van der Waals surface area contributed by atoms with Gasteiger partial charge in [-0.3, -0.25) is 19.7 Å². The van der Waals surface area contributed by atoms with Crippen molar-refractivity contribution in [3.05, 3.63) is 147 Å². The molecule has 0 aliphatic rings. The zero-order valence-electron chi connectivity index (χ0n) is 24.3. The second-order valence-electron chi connectivity index (χ2n) is 10.2. The molecule has 5 aromatic carbocycles. The van der Waals surface area contributed by atoms with E-state index in [0.717, 1.165) is 10.5 Å². The Balaban J connectivity index is 1.18. The molecule has 1 heterocycles. The first-order valence-electron chi connectivity index (χ1n) is 14.2. The lowest BCUT2D eigenvalue weighted by atomic mass is 9.98. The topological polar surface area (TPSA) is 152 Å². The average molecular weight is 661 g/mol. The van der Waals surface area contributed by atoms with E-state index in [4.69, 9.17) is 0 Å². The van der Waals surface area contributed by atoms with Crippen LogP contribution in [0.3, 0.4) is 0 Å². The number of aromatic nitrogens is 1. The third kappa shape index (κ3) is 7.03. The van der Waals surface area contributed by atoms with Crippen LogP contribution in [0.5, 0.6) is 0 Å². The zero-order valence-corrected chi connectivity index (χ0v) is 26.0. The molecule has 2 amide bonds. The van der Waals surface area contributed by atoms with Crippen molar-refractivity contribution in [3.63, 3.8) is 0 Å². The number of amides is 2. The Morgan fingerprint density at radius 3 is 2.23 bits per heavy atom. The molecule has 10 nitrogen and oxygen atoms in total. The number of carboxylic acid groups (broad SMARTS) is 1. The van der Waals surface area contributed by atoms with Crippen molar-refractivity contribution >= 4 is 68.2 Å². The number of hydrogen-bond acceptors (Lipinski definition) is 8. The molecule has 3 N–H and O–H groups in total. The molecule has 0 aliphatic heterocycles. The summed E-state index contributed by atoms with van der Waals surface area (Å²) < 4.78 is 0. The fraction of sp³-hybridized carbons (Fsp3) is 0.0286. The van der Waals surface area contributed by atoms with Crippen LogP contribution < -0.4 is 10.6 Å². The molecule has 0 fully saturated rings. The molecule has 1 unspecified atom stereocenters. The second kappa shape index (κ2) is 13.6. The number of carbonyl (C=O) groups excluding carboxylic acids is 2. The van der Waals surface area contributed by atoms with Gasteiger partial charge in [0, 0.05) is 44.6 Å². The minimum Gasteiger partial charge on any atom is -0.478 e. The highest BCUT2D eigenvalue weighted by atomic mass is 32.2. The van der Waals surface area contributed by atoms with Crippen LogP contribution in [0.2, 0.25) is 0 Å². The summed E-state index contributed by atoms with van der Waals surface area (Å²) in [5.41, 5.74) is 2.60. The van der Waals surface area contributed by atoms with Gasteiger partial charge in [-0.25, -0.2) is 9.78 Å². The Kier molecular flexibility index (Phi) is 9.04. The SMILES string of the molecule is O=C(O)c1cccc2cccc(C(=O)Nc3ccc(SC(C(=O)Nc4nc(-c5cccc([N+](=O)[O-])c5)cs4)c4ccccc4)cc3)c12. The number of hydrogen-bond donors (Lipinski definition) is 3. The Morgan fingerprint density at radius 2 is 1.53 bits per heavy atom. The number of thioether (sulfide) groups is 1. The predicted octanol–water partition coefficient (Wildman–Crippen LogP) is 8.29. The van der Waals surface area contributed by atoms with Crippen molar-refractivity contribution in [1.82, 2.24) is 4.98 Å². The molecule has 0 bridgehead atoms. The van der Waals surface area contributed by atoms with E-state index in [1.54, 1.807) is 72.1 Å². The first-order valence-corrected chi connectivity index (χ1v) is 15.9. The lowest BCUT2D eigenvalue weighted by molar-refractivity contribution is -0.384. The highest BCUT2D eigenvalue weighted by Crippen LogP contribution is 2.37. The van der Waals surface area contributed by atoms with Crippen LogP contribution in [0.1, 0.15) is 31.5 Å². The van der Waals surface area contributed by atoms with Gasteiger partial charge in [0.05, 0.1) is 16.2 Å². The number of benzene rings is 5. The minimum absolute atomic E-state index is 0.0447. The van der Waals surface area contributed by atoms with E-state index in [1.165, 1.54) is 41.3 Å². The summed E-state index contributed by atoms with van der Waals surface area (Å²) in [6.45, 7) is 0. The molecular formula is C35H24N4O6S2. The molecule has 0 radical (unpaired) electrons. The highest BCUT2D eigenvalue weighted by Gasteiger charge is 2.24. The maximum Gasteiger partial charge on any atom is 0.336 e. The van der Waals surface area contributed by atoms with E-state index in [-0.39, 0.29) is 22.7 Å². The van der Waals surface area contributed by atoms with Crippen molar-refractivity contribution in [2.24, 2.45) is 0 Å². The highest BCUT2D eigenvalue weighted by molar-refractivity contribution is 8.00. The molecule has 0 saturated heterocycles. The van der Waals surface area contributed by atoms with Gasteiger partial charge >= 0.3 is 5.97 Å². The lowest BCUT2D eigenvalue weighted by Gasteiger charge is -2.16. The van der Waals surface area contributed by atoms with E-state index in [1.807, 2.05) is 30.3 Å². The van der Waals surface area contributed by atoms with E-state index in [9.17, 15) is 29.6 Å². The minimum atomic E-state index is -1.12. The fourth-order valence-corrected chi connectivity index (χ4v) is 6.72. The molecule has 0 aliphatic carbocycles. The summed E-state index contributed by atoms with van der Waals surface area (Å²) in [5.74, 6) is -1.87. The molecule has 0 spiro atoms. The Labute approximate surface area is 276 Å². The number of aromatic carboxylic acids is 1. The van der Waals surface area contributed by atoms with Gasteiger partial charge in [0.1, 0.15) is 5.25 Å².